The Balaban J connectivity index is 2.23. The molecule has 0 radical (unpaired) electrons. The van der Waals surface area contributed by atoms with Crippen LogP contribution in [-0.4, -0.2) is 57.0 Å². The summed E-state index contributed by atoms with van der Waals surface area (Å²) in [6.07, 6.45) is -2.54. The summed E-state index contributed by atoms with van der Waals surface area (Å²) >= 11 is 0. The Morgan fingerprint density at radius 2 is 1.78 bits per heavy atom. The number of cyclic esters (lactones) is 1. The normalized spacial score (nSPS) is 35.5. The van der Waals surface area contributed by atoms with Gasteiger partial charge in [0, 0.05) is 0 Å². The minimum Gasteiger partial charge on any atom is -0.451 e. The Bertz CT molecular complexity index is 504. The fraction of sp³-hybridized carbons (Fsp3) is 0.786. The Hall–Kier alpha value is -1.71. The van der Waals surface area contributed by atoms with Crippen LogP contribution in [0.25, 0.3) is 0 Å². The highest BCUT2D eigenvalue weighted by Crippen LogP contribution is 2.35. The lowest BCUT2D eigenvalue weighted by Gasteiger charge is -2.34. The van der Waals surface area contributed by atoms with Crippen LogP contribution in [0, 0.1) is 0 Å². The van der Waals surface area contributed by atoms with Crippen molar-refractivity contribution >= 4 is 17.9 Å². The van der Waals surface area contributed by atoms with Crippen molar-refractivity contribution in [3.8, 4) is 0 Å². The van der Waals surface area contributed by atoms with Gasteiger partial charge in [0.2, 0.25) is 6.10 Å². The van der Waals surface area contributed by atoms with Crippen LogP contribution in [0.1, 0.15) is 45.4 Å². The van der Waals surface area contributed by atoms with E-state index in [0.29, 0.717) is 6.42 Å². The average molecular weight is 332 g/mol. The van der Waals surface area contributed by atoms with Crippen LogP contribution in [0.4, 0.5) is 0 Å². The van der Waals surface area contributed by atoms with Gasteiger partial charge >= 0.3 is 23.9 Å². The van der Waals surface area contributed by atoms with Crippen LogP contribution < -0.4 is 0 Å². The first-order valence-corrected chi connectivity index (χ1v) is 7.46. The minimum absolute atomic E-state index is 0.0948. The first kappa shape index (κ1) is 17.6. The number of carbonyl (C=O) groups is 3. The van der Waals surface area contributed by atoms with Crippen LogP contribution in [0.2, 0.25) is 0 Å². The highest BCUT2D eigenvalue weighted by Gasteiger charge is 2.59. The Morgan fingerprint density at radius 3 is 2.43 bits per heavy atom. The van der Waals surface area contributed by atoms with Crippen molar-refractivity contribution in [2.45, 2.75) is 69.2 Å². The van der Waals surface area contributed by atoms with E-state index in [1.807, 2.05) is 6.92 Å². The number of ether oxygens (including phenoxy) is 3. The van der Waals surface area contributed by atoms with Gasteiger partial charge in [0.25, 0.3) is 0 Å². The zero-order valence-corrected chi connectivity index (χ0v) is 12.7. The number of aliphatic hydroxyl groups excluding tert-OH is 1. The molecule has 2 fully saturated rings. The molecule has 9 heteroatoms. The van der Waals surface area contributed by atoms with Gasteiger partial charge in [-0.25, -0.2) is 4.79 Å². The summed E-state index contributed by atoms with van der Waals surface area (Å²) in [7, 11) is 0. The molecule has 130 valence electrons. The van der Waals surface area contributed by atoms with Gasteiger partial charge < -0.3 is 29.5 Å². The molecule has 2 bridgehead atoms. The summed E-state index contributed by atoms with van der Waals surface area (Å²) in [5.74, 6) is -6.23. The van der Waals surface area contributed by atoms with Crippen molar-refractivity contribution in [3.05, 3.63) is 0 Å². The van der Waals surface area contributed by atoms with Gasteiger partial charge in [0.05, 0.1) is 18.9 Å². The molecule has 23 heavy (non-hydrogen) atoms. The highest BCUT2D eigenvalue weighted by molar-refractivity contribution is 5.91. The first-order chi connectivity index (χ1) is 10.7. The number of hydrogen-bond donors (Lipinski definition) is 3. The lowest BCUT2D eigenvalue weighted by molar-refractivity contribution is -0.363. The number of fused-ring (bicyclic) bond motifs is 3. The lowest BCUT2D eigenvalue weighted by atomic mass is 9.95. The number of aliphatic hydroxyl groups is 3. The first-order valence-electron chi connectivity index (χ1n) is 7.46. The number of hydrogen-bond acceptors (Lipinski definition) is 9. The molecule has 2 saturated heterocycles. The average Bonchev–Trinajstić information content (AvgIpc) is 2.47. The predicted molar refractivity (Wildman–Crippen MR) is 71.3 cm³/mol. The van der Waals surface area contributed by atoms with Gasteiger partial charge in [0.1, 0.15) is 0 Å². The number of carbonyl (C=O) groups excluding carboxylic acids is 3. The maximum atomic E-state index is 11.9. The summed E-state index contributed by atoms with van der Waals surface area (Å²) in [4.78, 5) is 35.5. The molecule has 0 amide bonds. The number of esters is 3. The van der Waals surface area contributed by atoms with Crippen LogP contribution in [0.5, 0.6) is 0 Å². The fourth-order valence-corrected chi connectivity index (χ4v) is 2.60. The summed E-state index contributed by atoms with van der Waals surface area (Å²) in [6.45, 7) is 1.88. The van der Waals surface area contributed by atoms with Gasteiger partial charge in [-0.1, -0.05) is 13.3 Å². The number of rotatable bonds is 5. The second-order valence-electron chi connectivity index (χ2n) is 5.88. The molecule has 2 aliphatic rings. The maximum Gasteiger partial charge on any atom is 0.413 e. The standard InChI is InChI=1S/C14H20O9/c1-2-3-8(15)4-5-9-14(20)22-11(17)7-13(19,12(18)23-14)6-10(16)21-9/h8-9,15,19-20H,2-7H2,1H3. The molecule has 0 spiro atoms. The summed E-state index contributed by atoms with van der Waals surface area (Å²) in [5, 5.41) is 30.1. The maximum absolute atomic E-state index is 11.9. The van der Waals surface area contributed by atoms with E-state index in [0.717, 1.165) is 6.42 Å². The third-order valence-electron chi connectivity index (χ3n) is 3.82. The second kappa shape index (κ2) is 6.42. The Morgan fingerprint density at radius 1 is 1.13 bits per heavy atom. The SMILES string of the molecule is CCCC(O)CCC1OC(=O)CC2(O)CC(=O)OC1(O)OC2=O. The Kier molecular flexibility index (Phi) is 4.92. The Labute approximate surface area is 132 Å². The quantitative estimate of drug-likeness (QED) is 0.547. The second-order valence-corrected chi connectivity index (χ2v) is 5.88. The van der Waals surface area contributed by atoms with E-state index >= 15 is 0 Å². The molecule has 4 unspecified atom stereocenters. The molecule has 0 aliphatic carbocycles. The van der Waals surface area contributed by atoms with E-state index in [2.05, 4.69) is 0 Å². The smallest absolute Gasteiger partial charge is 0.413 e. The molecule has 3 N–H and O–H groups in total. The summed E-state index contributed by atoms with van der Waals surface area (Å²) in [6, 6.07) is 0. The van der Waals surface area contributed by atoms with Gasteiger partial charge in [-0.05, 0) is 19.3 Å². The summed E-state index contributed by atoms with van der Waals surface area (Å²) < 4.78 is 14.4. The van der Waals surface area contributed by atoms with Gasteiger partial charge in [-0.15, -0.1) is 0 Å². The molecule has 0 aromatic rings. The molecular formula is C14H20O9. The molecule has 0 aromatic heterocycles. The largest absolute Gasteiger partial charge is 0.451 e. The molecule has 2 aliphatic heterocycles. The molecule has 0 saturated carbocycles. The van der Waals surface area contributed by atoms with Crippen LogP contribution >= 0.6 is 0 Å². The van der Waals surface area contributed by atoms with E-state index in [9.17, 15) is 29.7 Å². The zero-order valence-electron chi connectivity index (χ0n) is 12.7. The van der Waals surface area contributed by atoms with E-state index in [1.54, 1.807) is 0 Å². The molecule has 0 aromatic carbocycles. The van der Waals surface area contributed by atoms with Crippen molar-refractivity contribution < 1.29 is 43.9 Å². The van der Waals surface area contributed by atoms with E-state index in [4.69, 9.17) is 14.2 Å². The predicted octanol–water partition coefficient (Wildman–Crippen LogP) is -0.890. The summed E-state index contributed by atoms with van der Waals surface area (Å²) in [5.41, 5.74) is -2.43. The van der Waals surface area contributed by atoms with E-state index in [-0.39, 0.29) is 12.8 Å². The molecule has 9 nitrogen and oxygen atoms in total. The van der Waals surface area contributed by atoms with E-state index < -0.39 is 54.5 Å². The minimum atomic E-state index is -2.82. The van der Waals surface area contributed by atoms with Crippen molar-refractivity contribution in [2.75, 3.05) is 0 Å². The topological polar surface area (TPSA) is 140 Å². The van der Waals surface area contributed by atoms with E-state index in [1.165, 1.54) is 0 Å². The molecule has 2 heterocycles. The van der Waals surface area contributed by atoms with Crippen LogP contribution in [0.15, 0.2) is 0 Å². The van der Waals surface area contributed by atoms with Crippen molar-refractivity contribution in [2.24, 2.45) is 0 Å². The fourth-order valence-electron chi connectivity index (χ4n) is 2.60. The monoisotopic (exact) mass is 332 g/mol. The van der Waals surface area contributed by atoms with Gasteiger partial charge in [-0.2, -0.15) is 0 Å². The molecular weight excluding hydrogens is 312 g/mol. The highest BCUT2D eigenvalue weighted by atomic mass is 16.9. The van der Waals surface area contributed by atoms with Crippen LogP contribution in [-0.2, 0) is 28.6 Å². The van der Waals surface area contributed by atoms with Crippen molar-refractivity contribution in [3.63, 3.8) is 0 Å². The zero-order chi connectivity index (χ0) is 17.3. The van der Waals surface area contributed by atoms with Crippen molar-refractivity contribution in [1.29, 1.82) is 0 Å². The van der Waals surface area contributed by atoms with Gasteiger partial charge in [-0.3, -0.25) is 9.59 Å². The van der Waals surface area contributed by atoms with Crippen molar-refractivity contribution in [1.82, 2.24) is 0 Å². The molecule has 4 atom stereocenters. The molecule has 2 rings (SSSR count). The third-order valence-corrected chi connectivity index (χ3v) is 3.82. The van der Waals surface area contributed by atoms with Gasteiger partial charge in [0.15, 0.2) is 5.60 Å². The lowest BCUT2D eigenvalue weighted by Crippen LogP contribution is -2.55. The third kappa shape index (κ3) is 3.80. The van der Waals surface area contributed by atoms with Crippen LogP contribution in [0.3, 0.4) is 0 Å².